The van der Waals surface area contributed by atoms with Crippen LogP contribution in [0.3, 0.4) is 0 Å². The number of aromatic nitrogens is 2. The lowest BCUT2D eigenvalue weighted by Gasteiger charge is -2.14. The number of hydrogen-bond acceptors (Lipinski definition) is 4. The molecule has 0 saturated carbocycles. The molecule has 0 spiro atoms. The molecule has 1 heterocycles. The van der Waals surface area contributed by atoms with Gasteiger partial charge in [0, 0.05) is 5.56 Å². The number of aliphatic hydroxyl groups is 1. The molecule has 4 nitrogen and oxygen atoms in total. The minimum Gasteiger partial charge on any atom is -0.394 e. The van der Waals surface area contributed by atoms with E-state index in [0.29, 0.717) is 11.5 Å². The fourth-order valence-electron chi connectivity index (χ4n) is 1.68. The Morgan fingerprint density at radius 3 is 2.63 bits per heavy atom. The Bertz CT molecular complexity index is 526. The third kappa shape index (κ3) is 3.48. The van der Waals surface area contributed by atoms with Crippen molar-refractivity contribution in [2.75, 3.05) is 11.9 Å². The first-order valence-electron chi connectivity index (χ1n) is 6.18. The third-order valence-electron chi connectivity index (χ3n) is 2.84. The van der Waals surface area contributed by atoms with Gasteiger partial charge in [0.1, 0.15) is 11.6 Å². The second kappa shape index (κ2) is 6.24. The van der Waals surface area contributed by atoms with Crippen LogP contribution in [0.4, 0.5) is 10.2 Å². The molecule has 1 aromatic heterocycles. The zero-order chi connectivity index (χ0) is 13.7. The van der Waals surface area contributed by atoms with E-state index in [9.17, 15) is 4.39 Å². The average molecular weight is 261 g/mol. The summed E-state index contributed by atoms with van der Waals surface area (Å²) in [6.07, 6.45) is 4.02. The van der Waals surface area contributed by atoms with Gasteiger partial charge in [-0.05, 0) is 30.7 Å². The van der Waals surface area contributed by atoms with Crippen LogP contribution in [0.25, 0.3) is 11.3 Å². The number of anilines is 1. The van der Waals surface area contributed by atoms with E-state index in [-0.39, 0.29) is 18.5 Å². The van der Waals surface area contributed by atoms with Crippen LogP contribution in [0.1, 0.15) is 13.3 Å². The van der Waals surface area contributed by atoms with E-state index in [2.05, 4.69) is 15.3 Å². The van der Waals surface area contributed by atoms with Crippen LogP contribution in [0.2, 0.25) is 0 Å². The summed E-state index contributed by atoms with van der Waals surface area (Å²) in [4.78, 5) is 8.51. The van der Waals surface area contributed by atoms with Crippen molar-refractivity contribution in [2.24, 2.45) is 0 Å². The van der Waals surface area contributed by atoms with Crippen LogP contribution in [-0.2, 0) is 0 Å². The van der Waals surface area contributed by atoms with Gasteiger partial charge in [-0.1, -0.05) is 6.92 Å². The molecule has 1 aromatic carbocycles. The monoisotopic (exact) mass is 261 g/mol. The second-order valence-electron chi connectivity index (χ2n) is 4.23. The number of hydrogen-bond donors (Lipinski definition) is 2. The van der Waals surface area contributed by atoms with E-state index in [1.54, 1.807) is 24.5 Å². The van der Waals surface area contributed by atoms with Crippen molar-refractivity contribution >= 4 is 5.82 Å². The first kappa shape index (κ1) is 13.4. The Labute approximate surface area is 111 Å². The maximum absolute atomic E-state index is 12.9. The molecule has 2 N–H and O–H groups in total. The van der Waals surface area contributed by atoms with Crippen LogP contribution in [-0.4, -0.2) is 27.7 Å². The van der Waals surface area contributed by atoms with Crippen molar-refractivity contribution in [3.05, 3.63) is 42.5 Å². The van der Waals surface area contributed by atoms with Crippen molar-refractivity contribution in [3.8, 4) is 11.3 Å². The Morgan fingerprint density at radius 2 is 2.00 bits per heavy atom. The Morgan fingerprint density at radius 1 is 1.26 bits per heavy atom. The topological polar surface area (TPSA) is 58.0 Å². The molecule has 2 rings (SSSR count). The molecule has 0 aliphatic heterocycles. The van der Waals surface area contributed by atoms with Gasteiger partial charge in [-0.15, -0.1) is 0 Å². The minimum absolute atomic E-state index is 0.0406. The van der Waals surface area contributed by atoms with Crippen molar-refractivity contribution in [2.45, 2.75) is 19.4 Å². The molecule has 0 aliphatic carbocycles. The first-order chi connectivity index (χ1) is 9.22. The highest BCUT2D eigenvalue weighted by Gasteiger charge is 2.07. The van der Waals surface area contributed by atoms with E-state index >= 15 is 0 Å². The molecule has 5 heteroatoms. The highest BCUT2D eigenvalue weighted by atomic mass is 19.1. The maximum atomic E-state index is 12.9. The average Bonchev–Trinajstić information content (AvgIpc) is 2.46. The standard InChI is InChI=1S/C14H16FN3O/c1-2-12(9-19)17-14-8-16-7-13(18-14)10-3-5-11(15)6-4-10/h3-8,12,19H,2,9H2,1H3,(H,17,18). The molecule has 2 aromatic rings. The van der Waals surface area contributed by atoms with Crippen LogP contribution in [0.15, 0.2) is 36.7 Å². The summed E-state index contributed by atoms with van der Waals surface area (Å²) >= 11 is 0. The normalized spacial score (nSPS) is 12.2. The van der Waals surface area contributed by atoms with Crippen LogP contribution >= 0.6 is 0 Å². The predicted octanol–water partition coefficient (Wildman–Crippen LogP) is 2.47. The lowest BCUT2D eigenvalue weighted by molar-refractivity contribution is 0.271. The third-order valence-corrected chi connectivity index (χ3v) is 2.84. The molecular weight excluding hydrogens is 245 g/mol. The molecule has 0 amide bonds. The van der Waals surface area contributed by atoms with E-state index in [0.717, 1.165) is 12.0 Å². The number of aliphatic hydroxyl groups excluding tert-OH is 1. The zero-order valence-corrected chi connectivity index (χ0v) is 10.7. The SMILES string of the molecule is CCC(CO)Nc1cncc(-c2ccc(F)cc2)n1. The van der Waals surface area contributed by atoms with Gasteiger partial charge in [0.05, 0.1) is 30.7 Å². The van der Waals surface area contributed by atoms with Gasteiger partial charge >= 0.3 is 0 Å². The predicted molar refractivity (Wildman–Crippen MR) is 72.2 cm³/mol. The molecule has 19 heavy (non-hydrogen) atoms. The summed E-state index contributed by atoms with van der Waals surface area (Å²) in [5.74, 6) is 0.319. The summed E-state index contributed by atoms with van der Waals surface area (Å²) in [6, 6.07) is 6.05. The number of halogens is 1. The number of nitrogens with one attached hydrogen (secondary N) is 1. The highest BCUT2D eigenvalue weighted by Crippen LogP contribution is 2.18. The highest BCUT2D eigenvalue weighted by molar-refractivity contribution is 5.59. The fourth-order valence-corrected chi connectivity index (χ4v) is 1.68. The minimum atomic E-state index is -0.280. The molecule has 1 atom stereocenters. The van der Waals surface area contributed by atoms with E-state index in [1.165, 1.54) is 12.1 Å². The maximum Gasteiger partial charge on any atom is 0.145 e. The summed E-state index contributed by atoms with van der Waals surface area (Å²) in [5.41, 5.74) is 1.47. The Kier molecular flexibility index (Phi) is 4.41. The molecule has 0 aliphatic rings. The number of rotatable bonds is 5. The Balaban J connectivity index is 2.21. The van der Waals surface area contributed by atoms with Gasteiger partial charge < -0.3 is 10.4 Å². The van der Waals surface area contributed by atoms with E-state index in [1.807, 2.05) is 6.92 Å². The molecular formula is C14H16FN3O. The molecule has 0 saturated heterocycles. The second-order valence-corrected chi connectivity index (χ2v) is 4.23. The molecule has 1 unspecified atom stereocenters. The molecule has 0 bridgehead atoms. The molecule has 0 radical (unpaired) electrons. The van der Waals surface area contributed by atoms with Crippen molar-refractivity contribution < 1.29 is 9.50 Å². The van der Waals surface area contributed by atoms with Gasteiger partial charge in [-0.2, -0.15) is 0 Å². The van der Waals surface area contributed by atoms with Crippen LogP contribution < -0.4 is 5.32 Å². The van der Waals surface area contributed by atoms with Crippen LogP contribution in [0, 0.1) is 5.82 Å². The van der Waals surface area contributed by atoms with Crippen LogP contribution in [0.5, 0.6) is 0 Å². The zero-order valence-electron chi connectivity index (χ0n) is 10.7. The van der Waals surface area contributed by atoms with Gasteiger partial charge in [0.2, 0.25) is 0 Å². The van der Waals surface area contributed by atoms with Gasteiger partial charge in [0.15, 0.2) is 0 Å². The van der Waals surface area contributed by atoms with Gasteiger partial charge in [-0.3, -0.25) is 4.98 Å². The van der Waals surface area contributed by atoms with Crippen molar-refractivity contribution in [3.63, 3.8) is 0 Å². The lowest BCUT2D eigenvalue weighted by atomic mass is 10.1. The smallest absolute Gasteiger partial charge is 0.145 e. The van der Waals surface area contributed by atoms with Gasteiger partial charge in [-0.25, -0.2) is 9.37 Å². The van der Waals surface area contributed by atoms with E-state index < -0.39 is 0 Å². The number of benzene rings is 1. The molecule has 0 fully saturated rings. The summed E-state index contributed by atoms with van der Waals surface area (Å²) in [6.45, 7) is 2.02. The lowest BCUT2D eigenvalue weighted by Crippen LogP contribution is -2.23. The first-order valence-corrected chi connectivity index (χ1v) is 6.18. The summed E-state index contributed by atoms with van der Waals surface area (Å²) < 4.78 is 12.9. The fraction of sp³-hybridized carbons (Fsp3) is 0.286. The Hall–Kier alpha value is -2.01. The van der Waals surface area contributed by atoms with E-state index in [4.69, 9.17) is 5.11 Å². The molecule has 100 valence electrons. The van der Waals surface area contributed by atoms with Crippen molar-refractivity contribution in [1.82, 2.24) is 9.97 Å². The van der Waals surface area contributed by atoms with Crippen molar-refractivity contribution in [1.29, 1.82) is 0 Å². The summed E-state index contributed by atoms with van der Waals surface area (Å²) in [7, 11) is 0. The van der Waals surface area contributed by atoms with Gasteiger partial charge in [0.25, 0.3) is 0 Å². The number of nitrogens with zero attached hydrogens (tertiary/aromatic N) is 2. The summed E-state index contributed by atoms with van der Waals surface area (Å²) in [5, 5.41) is 12.3. The quantitative estimate of drug-likeness (QED) is 0.868. The largest absolute Gasteiger partial charge is 0.394 e.